The van der Waals surface area contributed by atoms with E-state index in [0.717, 1.165) is 0 Å². The van der Waals surface area contributed by atoms with E-state index in [1.165, 1.54) is 6.20 Å². The third-order valence-electron chi connectivity index (χ3n) is 2.87. The Morgan fingerprint density at radius 1 is 1.35 bits per heavy atom. The molecule has 3 N–H and O–H groups in total. The largest absolute Gasteiger partial charge is 0.437 e. The lowest BCUT2D eigenvalue weighted by molar-refractivity contribution is 0.0948. The molecule has 0 fully saturated rings. The first-order chi connectivity index (χ1) is 10.2. The van der Waals surface area contributed by atoms with Crippen molar-refractivity contribution in [3.63, 3.8) is 0 Å². The second-order valence-corrected chi connectivity index (χ2v) is 4.72. The van der Waals surface area contributed by atoms with E-state index < -0.39 is 0 Å². The molecule has 1 heterocycles. The molecule has 1 aromatic heterocycles. The van der Waals surface area contributed by atoms with Gasteiger partial charge in [-0.15, -0.1) is 24.8 Å². The van der Waals surface area contributed by atoms with Crippen LogP contribution in [0.2, 0.25) is 0 Å². The molecule has 0 aliphatic rings. The van der Waals surface area contributed by atoms with Crippen LogP contribution in [0.4, 0.5) is 0 Å². The molecule has 1 aromatic carbocycles. The number of benzene rings is 1. The van der Waals surface area contributed by atoms with Gasteiger partial charge in [-0.25, -0.2) is 4.98 Å². The molecule has 6 nitrogen and oxygen atoms in total. The van der Waals surface area contributed by atoms with Crippen LogP contribution in [0.3, 0.4) is 0 Å². The zero-order chi connectivity index (χ0) is 15.1. The average molecular weight is 359 g/mol. The van der Waals surface area contributed by atoms with Crippen molar-refractivity contribution in [1.29, 1.82) is 0 Å². The highest BCUT2D eigenvalue weighted by atomic mass is 35.5. The number of nitrogens with zero attached hydrogens (tertiary/aromatic N) is 2. The predicted molar refractivity (Wildman–Crippen MR) is 93.6 cm³/mol. The van der Waals surface area contributed by atoms with E-state index in [9.17, 15) is 4.79 Å². The summed E-state index contributed by atoms with van der Waals surface area (Å²) >= 11 is 0. The van der Waals surface area contributed by atoms with Crippen molar-refractivity contribution in [2.45, 2.75) is 6.92 Å². The molecule has 23 heavy (non-hydrogen) atoms. The molecule has 8 heteroatoms. The first-order valence-electron chi connectivity index (χ1n) is 6.71. The van der Waals surface area contributed by atoms with Gasteiger partial charge in [0.15, 0.2) is 0 Å². The van der Waals surface area contributed by atoms with Gasteiger partial charge in [0.05, 0.1) is 6.20 Å². The van der Waals surface area contributed by atoms with Crippen LogP contribution < -0.4 is 15.8 Å². The summed E-state index contributed by atoms with van der Waals surface area (Å²) < 4.78 is 5.54. The molecule has 126 valence electrons. The van der Waals surface area contributed by atoms with Crippen LogP contribution in [0.5, 0.6) is 11.6 Å². The normalized spacial score (nSPS) is 10.7. The van der Waals surface area contributed by atoms with Crippen molar-refractivity contribution < 1.29 is 9.53 Å². The molecule has 0 saturated heterocycles. The summed E-state index contributed by atoms with van der Waals surface area (Å²) in [7, 11) is 0. The van der Waals surface area contributed by atoms with Gasteiger partial charge in [0.1, 0.15) is 5.75 Å². The third kappa shape index (κ3) is 6.81. The molecule has 1 unspecified atom stereocenters. The van der Waals surface area contributed by atoms with E-state index in [1.54, 1.807) is 36.7 Å². The van der Waals surface area contributed by atoms with Gasteiger partial charge >= 0.3 is 0 Å². The number of nitrogens with two attached hydrogens (primary N) is 1. The molecule has 2 rings (SSSR count). The van der Waals surface area contributed by atoms with E-state index >= 15 is 0 Å². The molecule has 0 spiro atoms. The number of halogens is 2. The van der Waals surface area contributed by atoms with Gasteiger partial charge in [-0.05, 0) is 30.7 Å². The van der Waals surface area contributed by atoms with Gasteiger partial charge in [0.2, 0.25) is 5.88 Å². The lowest BCUT2D eigenvalue weighted by Gasteiger charge is -2.11. The van der Waals surface area contributed by atoms with Gasteiger partial charge < -0.3 is 15.8 Å². The molecular weight excluding hydrogens is 339 g/mol. The van der Waals surface area contributed by atoms with Crippen LogP contribution in [0.15, 0.2) is 42.9 Å². The first kappa shape index (κ1) is 21.1. The topological polar surface area (TPSA) is 90.1 Å². The predicted octanol–water partition coefficient (Wildman–Crippen LogP) is 2.44. The van der Waals surface area contributed by atoms with Crippen molar-refractivity contribution in [3.8, 4) is 11.6 Å². The molecule has 0 aliphatic heterocycles. The van der Waals surface area contributed by atoms with E-state index in [-0.39, 0.29) is 36.6 Å². The zero-order valence-corrected chi connectivity index (χ0v) is 14.3. The second-order valence-electron chi connectivity index (χ2n) is 4.72. The SMILES string of the molecule is CC(CN)CNC(=O)c1cccc(Oc2cnccn2)c1.Cl.Cl. The average Bonchev–Trinajstić information content (AvgIpc) is 2.53. The van der Waals surface area contributed by atoms with Gasteiger partial charge in [-0.1, -0.05) is 13.0 Å². The van der Waals surface area contributed by atoms with Gasteiger partial charge in [-0.3, -0.25) is 9.78 Å². The maximum Gasteiger partial charge on any atom is 0.251 e. The zero-order valence-electron chi connectivity index (χ0n) is 12.6. The standard InChI is InChI=1S/C15H18N4O2.2ClH/c1-11(8-16)9-19-15(20)12-3-2-4-13(7-12)21-14-10-17-5-6-18-14;;/h2-7,10-11H,8-9,16H2,1H3,(H,19,20);2*1H. The number of carbonyl (C=O) groups is 1. The summed E-state index contributed by atoms with van der Waals surface area (Å²) in [4.78, 5) is 20.0. The molecule has 0 bridgehead atoms. The molecule has 0 radical (unpaired) electrons. The number of ether oxygens (including phenoxy) is 1. The van der Waals surface area contributed by atoms with E-state index in [0.29, 0.717) is 30.3 Å². The lowest BCUT2D eigenvalue weighted by atomic mass is 10.1. The van der Waals surface area contributed by atoms with Crippen molar-refractivity contribution in [3.05, 3.63) is 48.4 Å². The van der Waals surface area contributed by atoms with Gasteiger partial charge in [-0.2, -0.15) is 0 Å². The summed E-state index contributed by atoms with van der Waals surface area (Å²) in [6.45, 7) is 3.06. The Balaban J connectivity index is 0.00000242. The van der Waals surface area contributed by atoms with E-state index in [2.05, 4.69) is 15.3 Å². The van der Waals surface area contributed by atoms with Crippen molar-refractivity contribution in [2.75, 3.05) is 13.1 Å². The van der Waals surface area contributed by atoms with Crippen LogP contribution in [0.25, 0.3) is 0 Å². The molecule has 0 saturated carbocycles. The Morgan fingerprint density at radius 3 is 2.78 bits per heavy atom. The fourth-order valence-electron chi connectivity index (χ4n) is 1.61. The highest BCUT2D eigenvalue weighted by Gasteiger charge is 2.08. The maximum atomic E-state index is 12.0. The van der Waals surface area contributed by atoms with Crippen molar-refractivity contribution in [1.82, 2.24) is 15.3 Å². The Bertz CT molecular complexity index is 599. The third-order valence-corrected chi connectivity index (χ3v) is 2.87. The second kappa shape index (κ2) is 10.8. The summed E-state index contributed by atoms with van der Waals surface area (Å²) in [5, 5.41) is 2.84. The van der Waals surface area contributed by atoms with Crippen LogP contribution in [-0.4, -0.2) is 29.0 Å². The number of hydrogen-bond donors (Lipinski definition) is 2. The van der Waals surface area contributed by atoms with Crippen LogP contribution >= 0.6 is 24.8 Å². The van der Waals surface area contributed by atoms with E-state index in [1.807, 2.05) is 6.92 Å². The molecule has 0 aliphatic carbocycles. The fraction of sp³-hybridized carbons (Fsp3) is 0.267. The summed E-state index contributed by atoms with van der Waals surface area (Å²) in [5.74, 6) is 1.01. The smallest absolute Gasteiger partial charge is 0.251 e. The minimum atomic E-state index is -0.153. The minimum absolute atomic E-state index is 0. The van der Waals surface area contributed by atoms with Gasteiger partial charge in [0.25, 0.3) is 5.91 Å². The Kier molecular flexibility index (Phi) is 9.89. The summed E-state index contributed by atoms with van der Waals surface area (Å²) in [6.07, 6.45) is 4.62. The van der Waals surface area contributed by atoms with Crippen LogP contribution in [-0.2, 0) is 0 Å². The highest BCUT2D eigenvalue weighted by molar-refractivity contribution is 5.94. The Hall–Kier alpha value is -1.89. The van der Waals surface area contributed by atoms with E-state index in [4.69, 9.17) is 10.5 Å². The molecule has 2 aromatic rings. The first-order valence-corrected chi connectivity index (χ1v) is 6.71. The number of aromatic nitrogens is 2. The van der Waals surface area contributed by atoms with Gasteiger partial charge in [0, 0.05) is 24.5 Å². The molecule has 1 amide bonds. The monoisotopic (exact) mass is 358 g/mol. The Morgan fingerprint density at radius 2 is 2.13 bits per heavy atom. The maximum absolute atomic E-state index is 12.0. The Labute approximate surface area is 147 Å². The quantitative estimate of drug-likeness (QED) is 0.827. The lowest BCUT2D eigenvalue weighted by Crippen LogP contribution is -2.31. The summed E-state index contributed by atoms with van der Waals surface area (Å²) in [6, 6.07) is 6.91. The minimum Gasteiger partial charge on any atom is -0.437 e. The molecule has 1 atom stereocenters. The fourth-order valence-corrected chi connectivity index (χ4v) is 1.61. The number of hydrogen-bond acceptors (Lipinski definition) is 5. The van der Waals surface area contributed by atoms with Crippen molar-refractivity contribution in [2.24, 2.45) is 11.7 Å². The van der Waals surface area contributed by atoms with Crippen LogP contribution in [0.1, 0.15) is 17.3 Å². The number of nitrogens with one attached hydrogen (secondary N) is 1. The highest BCUT2D eigenvalue weighted by Crippen LogP contribution is 2.19. The number of rotatable bonds is 6. The number of amides is 1. The molecular formula is C15H20Cl2N4O2. The van der Waals surface area contributed by atoms with Crippen molar-refractivity contribution >= 4 is 30.7 Å². The summed E-state index contributed by atoms with van der Waals surface area (Å²) in [5.41, 5.74) is 6.05. The number of carbonyl (C=O) groups excluding carboxylic acids is 1. The van der Waals surface area contributed by atoms with Crippen LogP contribution in [0, 0.1) is 5.92 Å².